The second kappa shape index (κ2) is 5.66. The average Bonchev–Trinajstić information content (AvgIpc) is 2.83. The molecule has 0 saturated heterocycles. The minimum absolute atomic E-state index is 0.816. The van der Waals surface area contributed by atoms with E-state index in [4.69, 9.17) is 4.42 Å². The van der Waals surface area contributed by atoms with Crippen molar-refractivity contribution in [3.8, 4) is 0 Å². The summed E-state index contributed by atoms with van der Waals surface area (Å²) in [6, 6.07) is 1.92. The number of hydrogen-bond donors (Lipinski definition) is 0. The molecule has 0 bridgehead atoms. The van der Waals surface area contributed by atoms with Crippen LogP contribution in [-0.4, -0.2) is 0 Å². The van der Waals surface area contributed by atoms with Crippen molar-refractivity contribution in [3.05, 3.63) is 58.8 Å². The van der Waals surface area contributed by atoms with E-state index < -0.39 is 34.6 Å². The van der Waals surface area contributed by atoms with Crippen molar-refractivity contribution in [2.24, 2.45) is 0 Å². The molecule has 0 amide bonds. The molecule has 0 radical (unpaired) electrons. The quantitative estimate of drug-likeness (QED) is 0.393. The highest BCUT2D eigenvalue weighted by Crippen LogP contribution is 2.21. The molecular formula is C12H9F5O. The molecular weight excluding hydrogens is 255 g/mol. The van der Waals surface area contributed by atoms with Gasteiger partial charge in [-0.2, -0.15) is 0 Å². The van der Waals surface area contributed by atoms with E-state index in [0.717, 1.165) is 6.92 Å². The van der Waals surface area contributed by atoms with Gasteiger partial charge in [0.1, 0.15) is 0 Å². The van der Waals surface area contributed by atoms with Gasteiger partial charge >= 0.3 is 0 Å². The highest BCUT2D eigenvalue weighted by atomic mass is 19.2. The Morgan fingerprint density at radius 2 is 1.22 bits per heavy atom. The van der Waals surface area contributed by atoms with Crippen LogP contribution in [0.15, 0.2) is 23.0 Å². The Labute approximate surface area is 99.8 Å². The fraction of sp³-hybridized carbons (Fsp3) is 0.167. The summed E-state index contributed by atoms with van der Waals surface area (Å²) in [6.45, 7) is 2.81. The summed E-state index contributed by atoms with van der Waals surface area (Å²) in [5.41, 5.74) is 0.307. The molecule has 0 N–H and O–H groups in total. The molecule has 1 aromatic carbocycles. The van der Waals surface area contributed by atoms with Gasteiger partial charge in [0.2, 0.25) is 5.82 Å². The standard InChI is InChI=1S/C7H3F5.C5H6O/c1-2-3(8)5(10)7(12)6(11)4(2)9;1-5-2-3-6-4-5/h1H3;2-4H,1H3. The molecule has 1 nitrogen and oxygen atoms in total. The Kier molecular flexibility index (Phi) is 4.47. The predicted octanol–water partition coefficient (Wildman–Crippen LogP) is 4.28. The second-order valence-electron chi connectivity index (χ2n) is 3.50. The van der Waals surface area contributed by atoms with Gasteiger partial charge in [-0.05, 0) is 25.5 Å². The van der Waals surface area contributed by atoms with Crippen molar-refractivity contribution in [2.75, 3.05) is 0 Å². The van der Waals surface area contributed by atoms with Gasteiger partial charge in [0, 0.05) is 5.56 Å². The zero-order valence-corrected chi connectivity index (χ0v) is 9.53. The minimum Gasteiger partial charge on any atom is -0.472 e. The van der Waals surface area contributed by atoms with Gasteiger partial charge in [-0.25, -0.2) is 22.0 Å². The van der Waals surface area contributed by atoms with Crippen LogP contribution in [-0.2, 0) is 0 Å². The van der Waals surface area contributed by atoms with Gasteiger partial charge < -0.3 is 4.42 Å². The van der Waals surface area contributed by atoms with Crippen molar-refractivity contribution in [1.82, 2.24) is 0 Å². The highest BCUT2D eigenvalue weighted by molar-refractivity contribution is 5.22. The normalized spacial score (nSPS) is 9.94. The molecule has 2 aromatic rings. The summed E-state index contributed by atoms with van der Waals surface area (Å²) in [6.07, 6.45) is 3.37. The van der Waals surface area contributed by atoms with Crippen LogP contribution >= 0.6 is 0 Å². The topological polar surface area (TPSA) is 13.1 Å². The van der Waals surface area contributed by atoms with Crippen molar-refractivity contribution >= 4 is 0 Å². The zero-order valence-electron chi connectivity index (χ0n) is 9.53. The van der Waals surface area contributed by atoms with E-state index in [-0.39, 0.29) is 0 Å². The van der Waals surface area contributed by atoms with Crippen LogP contribution < -0.4 is 0 Å². The molecule has 1 heterocycles. The molecule has 0 spiro atoms. The Morgan fingerprint density at radius 3 is 1.50 bits per heavy atom. The number of aryl methyl sites for hydroxylation is 1. The van der Waals surface area contributed by atoms with Gasteiger partial charge in [-0.15, -0.1) is 0 Å². The molecule has 0 unspecified atom stereocenters. The third kappa shape index (κ3) is 2.88. The summed E-state index contributed by atoms with van der Waals surface area (Å²) < 4.78 is 66.3. The van der Waals surface area contributed by atoms with E-state index in [1.165, 1.54) is 5.56 Å². The number of benzene rings is 1. The average molecular weight is 264 g/mol. The molecule has 0 fully saturated rings. The predicted molar refractivity (Wildman–Crippen MR) is 54.4 cm³/mol. The third-order valence-corrected chi connectivity index (χ3v) is 2.09. The van der Waals surface area contributed by atoms with Gasteiger partial charge in [0.25, 0.3) is 0 Å². The Hall–Kier alpha value is -1.85. The summed E-state index contributed by atoms with van der Waals surface area (Å²) >= 11 is 0. The van der Waals surface area contributed by atoms with Crippen LogP contribution in [0.1, 0.15) is 11.1 Å². The van der Waals surface area contributed by atoms with E-state index in [0.29, 0.717) is 0 Å². The fourth-order valence-electron chi connectivity index (χ4n) is 1.05. The number of furan rings is 1. The van der Waals surface area contributed by atoms with Crippen LogP contribution in [0.25, 0.3) is 0 Å². The second-order valence-corrected chi connectivity index (χ2v) is 3.50. The molecule has 2 rings (SSSR count). The summed E-state index contributed by atoms with van der Waals surface area (Å²) in [7, 11) is 0. The van der Waals surface area contributed by atoms with Crippen LogP contribution in [0, 0.1) is 42.9 Å². The van der Waals surface area contributed by atoms with E-state index >= 15 is 0 Å². The maximum Gasteiger partial charge on any atom is 0.200 e. The fourth-order valence-corrected chi connectivity index (χ4v) is 1.05. The lowest BCUT2D eigenvalue weighted by molar-refractivity contribution is 0.373. The van der Waals surface area contributed by atoms with E-state index in [9.17, 15) is 22.0 Å². The van der Waals surface area contributed by atoms with Gasteiger partial charge in [0.15, 0.2) is 23.3 Å². The van der Waals surface area contributed by atoms with Crippen molar-refractivity contribution < 1.29 is 26.4 Å². The summed E-state index contributed by atoms with van der Waals surface area (Å²) in [4.78, 5) is 0. The van der Waals surface area contributed by atoms with Crippen LogP contribution in [0.3, 0.4) is 0 Å². The Balaban J connectivity index is 0.000000225. The molecule has 1 aromatic heterocycles. The maximum atomic E-state index is 12.4. The van der Waals surface area contributed by atoms with Gasteiger partial charge in [-0.3, -0.25) is 0 Å². The first-order chi connectivity index (χ1) is 8.36. The van der Waals surface area contributed by atoms with Crippen LogP contribution in [0.4, 0.5) is 22.0 Å². The highest BCUT2D eigenvalue weighted by Gasteiger charge is 2.22. The zero-order chi connectivity index (χ0) is 13.9. The molecule has 6 heteroatoms. The first-order valence-electron chi connectivity index (χ1n) is 4.83. The Bertz CT molecular complexity index is 429. The molecule has 0 aliphatic heterocycles. The van der Waals surface area contributed by atoms with Crippen LogP contribution in [0.2, 0.25) is 0 Å². The lowest BCUT2D eigenvalue weighted by Gasteiger charge is -2.02. The molecule has 0 atom stereocenters. The number of halogens is 5. The van der Waals surface area contributed by atoms with E-state index in [1.54, 1.807) is 12.5 Å². The molecule has 0 aliphatic carbocycles. The lowest BCUT2D eigenvalue weighted by atomic mass is 10.2. The molecule has 0 saturated carbocycles. The Morgan fingerprint density at radius 1 is 0.778 bits per heavy atom. The summed E-state index contributed by atoms with van der Waals surface area (Å²) in [5.74, 6) is -9.52. The SMILES string of the molecule is Cc1c(F)c(F)c(F)c(F)c1F.Cc1ccoc1. The van der Waals surface area contributed by atoms with Crippen molar-refractivity contribution in [2.45, 2.75) is 13.8 Å². The molecule has 0 aliphatic rings. The lowest BCUT2D eigenvalue weighted by Crippen LogP contribution is -2.03. The minimum atomic E-state index is -2.13. The monoisotopic (exact) mass is 264 g/mol. The maximum absolute atomic E-state index is 12.4. The summed E-state index contributed by atoms with van der Waals surface area (Å²) in [5, 5.41) is 0. The van der Waals surface area contributed by atoms with E-state index in [2.05, 4.69) is 0 Å². The number of rotatable bonds is 0. The van der Waals surface area contributed by atoms with Crippen LogP contribution in [0.5, 0.6) is 0 Å². The number of hydrogen-bond acceptors (Lipinski definition) is 1. The van der Waals surface area contributed by atoms with Crippen molar-refractivity contribution in [1.29, 1.82) is 0 Å². The molecule has 18 heavy (non-hydrogen) atoms. The first kappa shape index (κ1) is 14.2. The first-order valence-corrected chi connectivity index (χ1v) is 4.83. The van der Waals surface area contributed by atoms with Gasteiger partial charge in [0.05, 0.1) is 12.5 Å². The largest absolute Gasteiger partial charge is 0.472 e. The third-order valence-electron chi connectivity index (χ3n) is 2.09. The van der Waals surface area contributed by atoms with Crippen molar-refractivity contribution in [3.63, 3.8) is 0 Å². The molecule has 98 valence electrons. The smallest absolute Gasteiger partial charge is 0.200 e. The van der Waals surface area contributed by atoms with E-state index in [1.807, 2.05) is 13.0 Å². The van der Waals surface area contributed by atoms with Gasteiger partial charge in [-0.1, -0.05) is 0 Å².